The number of aliphatic imine (C=N–C) groups is 4. The van der Waals surface area contributed by atoms with Gasteiger partial charge in [0.25, 0.3) is 0 Å². The zero-order valence-corrected chi connectivity index (χ0v) is 48.3. The molecule has 2 aliphatic rings. The number of nitrogens with two attached hydrogens (primary N) is 4. The minimum absolute atomic E-state index is 0.00105. The van der Waals surface area contributed by atoms with Crippen LogP contribution in [0.4, 0.5) is 26.3 Å². The Hall–Kier alpha value is -7.34. The highest BCUT2D eigenvalue weighted by molar-refractivity contribution is 5.96. The van der Waals surface area contributed by atoms with Gasteiger partial charge in [0.05, 0.1) is 27.6 Å². The highest BCUT2D eigenvalue weighted by Gasteiger charge is 2.30. The van der Waals surface area contributed by atoms with Crippen LogP contribution in [0.3, 0.4) is 0 Å². The number of H-pyrrole nitrogens is 1. The third-order valence-corrected chi connectivity index (χ3v) is 11.6. The molecule has 2 fully saturated rings. The van der Waals surface area contributed by atoms with Crippen LogP contribution in [-0.4, -0.2) is 99.7 Å². The molecule has 0 amide bonds. The number of benzene rings is 2. The zero-order valence-electron chi connectivity index (χ0n) is 48.3. The Labute approximate surface area is 470 Å². The first-order chi connectivity index (χ1) is 38.5. The number of carbonyl (C=O) groups is 2. The summed E-state index contributed by atoms with van der Waals surface area (Å²) in [5.74, 6) is -5.30. The van der Waals surface area contributed by atoms with Crippen molar-refractivity contribution in [1.29, 1.82) is 0 Å². The maximum atomic E-state index is 15.1. The van der Waals surface area contributed by atoms with Crippen LogP contribution in [-0.2, 0) is 6.42 Å². The van der Waals surface area contributed by atoms with Crippen LogP contribution in [0.5, 0.6) is 11.5 Å². The molecule has 0 aliphatic heterocycles. The number of aromatic carboxylic acids is 2. The lowest BCUT2D eigenvalue weighted by molar-refractivity contribution is -0.0503. The molecule has 2 saturated carbocycles. The number of fused-ring (bicyclic) bond motifs is 2. The Morgan fingerprint density at radius 3 is 1.67 bits per heavy atom. The van der Waals surface area contributed by atoms with E-state index < -0.39 is 75.7 Å². The number of carboxylic acids is 2. The predicted molar refractivity (Wildman–Crippen MR) is 310 cm³/mol. The molecule has 19 nitrogen and oxygen atoms in total. The Balaban J connectivity index is 0.000000744. The molecule has 4 aromatic rings. The van der Waals surface area contributed by atoms with Crippen molar-refractivity contribution in [1.82, 2.24) is 14.5 Å². The fraction of sp³-hybridized carbons (Fsp3) is 0.571. The Morgan fingerprint density at radius 2 is 1.21 bits per heavy atom. The van der Waals surface area contributed by atoms with Gasteiger partial charge in [0.15, 0.2) is 17.5 Å². The first kappa shape index (κ1) is 71.7. The van der Waals surface area contributed by atoms with Crippen molar-refractivity contribution in [3.05, 3.63) is 78.9 Å². The highest BCUT2D eigenvalue weighted by Crippen LogP contribution is 2.41. The van der Waals surface area contributed by atoms with Crippen molar-refractivity contribution in [3.63, 3.8) is 0 Å². The molecule has 2 aliphatic carbocycles. The molecule has 0 bridgehead atoms. The number of rotatable bonds is 22. The maximum absolute atomic E-state index is 15.1. The van der Waals surface area contributed by atoms with Crippen molar-refractivity contribution >= 4 is 57.5 Å². The van der Waals surface area contributed by atoms with Gasteiger partial charge in [-0.2, -0.15) is 22.6 Å². The SMILES string of the molecule is C1CC1.CC.CCCC.CCCC.CCCN(CCCc1c(F)cc2c(=O)c(C(=O)O)c[nH]c2c1OC(F)F)C(N)=NC(N)=NCCCCCCN=C(N)N=C(C)N.Cc1c(F)cc2c(=O)c(C(=O)O)cn(C3CC3)c2c1OC(F)F. The Kier molecular flexibility index (Phi) is 33.9. The second-order valence-corrected chi connectivity index (χ2v) is 18.5. The molecule has 0 saturated heterocycles. The van der Waals surface area contributed by atoms with Crippen molar-refractivity contribution in [3.8, 4) is 11.5 Å². The summed E-state index contributed by atoms with van der Waals surface area (Å²) in [7, 11) is 0. The molecule has 25 heteroatoms. The predicted octanol–water partition coefficient (Wildman–Crippen LogP) is 11.4. The van der Waals surface area contributed by atoms with E-state index in [1.165, 1.54) is 56.4 Å². The molecule has 0 spiro atoms. The standard InChI is InChI=1S/C28H41F3N10O4.C15H12F3NO4.2C4H10.C3H6.C2H6/c1-3-12-41(28(35)40-27(34)37-11-7-5-4-6-10-36-26(33)39-16(2)32)13-8-9-17-20(29)14-18-21(23(17)45-25(30)31)38-15-19(22(18)42)24(43)44;1-6-10(16)4-8-11(13(6)23-15(17)18)19(7-2-3-7)5-9(12(8)20)14(21)22;2*1-3-4-2;1-2-3-1;1-2/h14-15,25H,3-13H2,1-2H3,(H,38,42)(H,43,44)(H4,32,33,36,39)(H4,34,35,37,40);4-5,7,15H,2-3H2,1H3,(H,21,22);2*3-4H2,1-2H3;1-3H2;1-2H3. The number of alkyl halides is 4. The highest BCUT2D eigenvalue weighted by atomic mass is 19.3. The van der Waals surface area contributed by atoms with Crippen molar-refractivity contribution in [2.45, 2.75) is 184 Å². The van der Waals surface area contributed by atoms with Gasteiger partial charge in [0, 0.05) is 55.7 Å². The van der Waals surface area contributed by atoms with Crippen LogP contribution < -0.4 is 43.3 Å². The van der Waals surface area contributed by atoms with E-state index in [0.717, 1.165) is 50.2 Å². The van der Waals surface area contributed by atoms with Gasteiger partial charge < -0.3 is 57.1 Å². The monoisotopic (exact) mass is 1150 g/mol. The van der Waals surface area contributed by atoms with E-state index in [2.05, 4.69) is 62.1 Å². The normalized spacial score (nSPS) is 13.1. The molecule has 6 rings (SSSR count). The minimum Gasteiger partial charge on any atom is -0.477 e. The number of aromatic amines is 1. The second-order valence-electron chi connectivity index (χ2n) is 18.5. The quantitative estimate of drug-likeness (QED) is 0.0167. The van der Waals surface area contributed by atoms with Crippen LogP contribution in [0.15, 0.2) is 54.1 Å². The van der Waals surface area contributed by atoms with E-state index in [4.69, 9.17) is 28.0 Å². The number of pyridine rings is 2. The van der Waals surface area contributed by atoms with Crippen molar-refractivity contribution < 1.29 is 55.6 Å². The average Bonchev–Trinajstić information content (AvgIpc) is 4.53. The third-order valence-electron chi connectivity index (χ3n) is 11.6. The minimum atomic E-state index is -3.32. The topological polar surface area (TPSA) is 305 Å². The van der Waals surface area contributed by atoms with E-state index in [0.29, 0.717) is 44.7 Å². The molecule has 0 unspecified atom stereocenters. The molecule has 2 aromatic carbocycles. The summed E-state index contributed by atoms with van der Waals surface area (Å²) in [6.45, 7) is 12.8. The van der Waals surface area contributed by atoms with Crippen molar-refractivity contribution in [2.24, 2.45) is 42.9 Å². The van der Waals surface area contributed by atoms with Gasteiger partial charge in [-0.05, 0) is 70.9 Å². The number of nitrogens with zero attached hydrogens (tertiary/aromatic N) is 6. The number of unbranched alkanes of at least 4 members (excludes halogenated alkanes) is 5. The van der Waals surface area contributed by atoms with Crippen molar-refractivity contribution in [2.75, 3.05) is 26.2 Å². The Morgan fingerprint density at radius 1 is 0.716 bits per heavy atom. The van der Waals surface area contributed by atoms with Gasteiger partial charge >= 0.3 is 25.2 Å². The largest absolute Gasteiger partial charge is 0.477 e. The number of nitrogens with one attached hydrogen (secondary N) is 1. The van der Waals surface area contributed by atoms with Crippen LogP contribution in [0.2, 0.25) is 0 Å². The summed E-state index contributed by atoms with van der Waals surface area (Å²) in [6, 6.07) is 1.56. The van der Waals surface area contributed by atoms with Gasteiger partial charge in [-0.1, -0.05) is 106 Å². The molecule has 11 N–H and O–H groups in total. The summed E-state index contributed by atoms with van der Waals surface area (Å²) >= 11 is 0. The molecule has 2 aromatic heterocycles. The molecule has 454 valence electrons. The van der Waals surface area contributed by atoms with E-state index >= 15 is 4.39 Å². The third kappa shape index (κ3) is 25.3. The number of ether oxygens (including phenoxy) is 2. The first-order valence-corrected chi connectivity index (χ1v) is 27.6. The number of aromatic nitrogens is 2. The number of hydrogen-bond donors (Lipinski definition) is 7. The fourth-order valence-electron chi connectivity index (χ4n) is 6.99. The number of hydrogen-bond acceptors (Lipinski definition) is 8. The van der Waals surface area contributed by atoms with Gasteiger partial charge in [-0.25, -0.2) is 23.4 Å². The molecule has 2 heterocycles. The van der Waals surface area contributed by atoms with E-state index in [9.17, 15) is 46.2 Å². The molecule has 0 atom stereocenters. The average molecular weight is 1150 g/mol. The number of guanidine groups is 3. The van der Waals surface area contributed by atoms with Gasteiger partial charge in [0.2, 0.25) is 22.8 Å². The summed E-state index contributed by atoms with van der Waals surface area (Å²) in [6.07, 6.45) is 17.4. The molecule has 81 heavy (non-hydrogen) atoms. The summed E-state index contributed by atoms with van der Waals surface area (Å²) in [5, 5.41) is 17.6. The summed E-state index contributed by atoms with van der Waals surface area (Å²) in [4.78, 5) is 67.8. The Bertz CT molecular complexity index is 2840. The van der Waals surface area contributed by atoms with Crippen LogP contribution in [0, 0.1) is 18.6 Å². The van der Waals surface area contributed by atoms with Gasteiger partial charge in [0.1, 0.15) is 22.8 Å². The second kappa shape index (κ2) is 38.3. The fourth-order valence-corrected chi connectivity index (χ4v) is 6.99. The summed E-state index contributed by atoms with van der Waals surface area (Å²) in [5.41, 5.74) is 19.4. The van der Waals surface area contributed by atoms with E-state index in [1.807, 2.05) is 20.8 Å². The number of amidine groups is 1. The smallest absolute Gasteiger partial charge is 0.387 e. The van der Waals surface area contributed by atoms with Crippen LogP contribution in [0.25, 0.3) is 21.8 Å². The number of carboxylic acid groups (broad SMARTS) is 2. The van der Waals surface area contributed by atoms with Gasteiger partial charge in [-0.3, -0.25) is 19.6 Å². The van der Waals surface area contributed by atoms with Crippen LogP contribution >= 0.6 is 0 Å². The molecular weight excluding hydrogens is 1070 g/mol. The van der Waals surface area contributed by atoms with E-state index in [1.54, 1.807) is 11.8 Å². The summed E-state index contributed by atoms with van der Waals surface area (Å²) < 4.78 is 91.5. The first-order valence-electron chi connectivity index (χ1n) is 27.6. The van der Waals surface area contributed by atoms with Gasteiger partial charge in [-0.15, -0.1) is 0 Å². The lowest BCUT2D eigenvalue weighted by Gasteiger charge is -2.23. The maximum Gasteiger partial charge on any atom is 0.387 e. The van der Waals surface area contributed by atoms with Crippen LogP contribution in [0.1, 0.15) is 190 Å². The zero-order chi connectivity index (χ0) is 61.4. The molecular formula is C56H85F6N11O8. The number of halogens is 6. The molecule has 0 radical (unpaired) electrons. The lowest BCUT2D eigenvalue weighted by Crippen LogP contribution is -2.40. The van der Waals surface area contributed by atoms with E-state index in [-0.39, 0.29) is 70.9 Å². The lowest BCUT2D eigenvalue weighted by atomic mass is 10.0.